The molecular formula is C21H21N3O3. The number of esters is 1. The predicted octanol–water partition coefficient (Wildman–Crippen LogP) is 3.66. The van der Waals surface area contributed by atoms with Crippen LogP contribution in [-0.2, 0) is 11.2 Å². The molecule has 0 fully saturated rings. The smallest absolute Gasteiger partial charge is 0.339 e. The van der Waals surface area contributed by atoms with Crippen molar-refractivity contribution in [3.63, 3.8) is 0 Å². The highest BCUT2D eigenvalue weighted by Crippen LogP contribution is 2.20. The van der Waals surface area contributed by atoms with Gasteiger partial charge in [0.1, 0.15) is 5.69 Å². The quantitative estimate of drug-likeness (QED) is 0.678. The zero-order valence-electron chi connectivity index (χ0n) is 15.5. The summed E-state index contributed by atoms with van der Waals surface area (Å²) in [4.78, 5) is 31.4. The summed E-state index contributed by atoms with van der Waals surface area (Å²) in [6.07, 6.45) is 4.34. The first-order valence-corrected chi connectivity index (χ1v) is 8.56. The van der Waals surface area contributed by atoms with Crippen LogP contribution >= 0.6 is 0 Å². The third-order valence-electron chi connectivity index (χ3n) is 4.42. The van der Waals surface area contributed by atoms with Gasteiger partial charge < -0.3 is 15.0 Å². The van der Waals surface area contributed by atoms with Gasteiger partial charge in [-0.15, -0.1) is 0 Å². The molecule has 27 heavy (non-hydrogen) atoms. The van der Waals surface area contributed by atoms with Gasteiger partial charge in [-0.05, 0) is 61.2 Å². The van der Waals surface area contributed by atoms with Crippen molar-refractivity contribution >= 4 is 17.6 Å². The molecule has 2 heterocycles. The van der Waals surface area contributed by atoms with Crippen molar-refractivity contribution < 1.29 is 14.3 Å². The van der Waals surface area contributed by atoms with Gasteiger partial charge in [0.05, 0.1) is 12.7 Å². The van der Waals surface area contributed by atoms with Crippen molar-refractivity contribution in [3.05, 3.63) is 82.4 Å². The van der Waals surface area contributed by atoms with Gasteiger partial charge in [-0.25, -0.2) is 4.79 Å². The number of nitrogens with one attached hydrogen (secondary N) is 2. The van der Waals surface area contributed by atoms with Crippen LogP contribution in [0.3, 0.4) is 0 Å². The number of pyridine rings is 1. The van der Waals surface area contributed by atoms with E-state index in [9.17, 15) is 9.59 Å². The molecule has 0 aliphatic carbocycles. The Balaban J connectivity index is 1.72. The van der Waals surface area contributed by atoms with Crippen LogP contribution in [0.25, 0.3) is 0 Å². The zero-order valence-corrected chi connectivity index (χ0v) is 15.5. The van der Waals surface area contributed by atoms with Crippen LogP contribution in [0.15, 0.2) is 48.8 Å². The molecule has 6 heteroatoms. The number of aryl methyl sites for hydroxylation is 1. The standard InChI is InChI=1S/C21H21N3O3/c1-13-18(21(26)27-3)14(2)23-19(13)20(25)24-17-6-4-15(5-7-17)12-16-8-10-22-11-9-16/h4-11,23H,12H2,1-3H3,(H,24,25). The van der Waals surface area contributed by atoms with Gasteiger partial charge in [-0.3, -0.25) is 9.78 Å². The first-order valence-electron chi connectivity index (χ1n) is 8.56. The fourth-order valence-corrected chi connectivity index (χ4v) is 3.02. The maximum atomic E-state index is 12.6. The molecule has 0 aliphatic rings. The van der Waals surface area contributed by atoms with E-state index in [0.29, 0.717) is 28.2 Å². The number of carbonyl (C=O) groups excluding carboxylic acids is 2. The molecular weight excluding hydrogens is 342 g/mol. The SMILES string of the molecule is COC(=O)c1c(C)[nH]c(C(=O)Nc2ccc(Cc3ccncc3)cc2)c1C. The highest BCUT2D eigenvalue weighted by Gasteiger charge is 2.22. The van der Waals surface area contributed by atoms with Crippen LogP contribution in [0.2, 0.25) is 0 Å². The van der Waals surface area contributed by atoms with Crippen LogP contribution in [-0.4, -0.2) is 29.0 Å². The van der Waals surface area contributed by atoms with Gasteiger partial charge in [0.25, 0.3) is 5.91 Å². The summed E-state index contributed by atoms with van der Waals surface area (Å²) in [7, 11) is 1.32. The van der Waals surface area contributed by atoms with Gasteiger partial charge in [-0.1, -0.05) is 12.1 Å². The third-order valence-corrected chi connectivity index (χ3v) is 4.42. The summed E-state index contributed by atoms with van der Waals surface area (Å²) in [5, 5.41) is 2.86. The van der Waals surface area contributed by atoms with Crippen molar-refractivity contribution in [1.82, 2.24) is 9.97 Å². The first kappa shape index (κ1) is 18.4. The van der Waals surface area contributed by atoms with E-state index in [0.717, 1.165) is 12.0 Å². The van der Waals surface area contributed by atoms with Gasteiger partial charge >= 0.3 is 5.97 Å². The minimum absolute atomic E-state index is 0.298. The van der Waals surface area contributed by atoms with Gasteiger partial charge in [0, 0.05) is 23.8 Å². The van der Waals surface area contributed by atoms with E-state index >= 15 is 0 Å². The normalized spacial score (nSPS) is 10.5. The molecule has 0 atom stereocenters. The van der Waals surface area contributed by atoms with Crippen LogP contribution in [0.1, 0.15) is 43.2 Å². The second-order valence-corrected chi connectivity index (χ2v) is 6.30. The molecule has 138 valence electrons. The van der Waals surface area contributed by atoms with E-state index in [2.05, 4.69) is 15.3 Å². The van der Waals surface area contributed by atoms with Crippen LogP contribution in [0, 0.1) is 13.8 Å². The number of hydrogen-bond acceptors (Lipinski definition) is 4. The van der Waals surface area contributed by atoms with Crippen molar-refractivity contribution in [2.75, 3.05) is 12.4 Å². The van der Waals surface area contributed by atoms with Crippen LogP contribution in [0.5, 0.6) is 0 Å². The third kappa shape index (κ3) is 4.06. The number of amides is 1. The Morgan fingerprint density at radius 3 is 2.30 bits per heavy atom. The molecule has 1 amide bonds. The Kier molecular flexibility index (Phi) is 5.35. The van der Waals surface area contributed by atoms with Crippen molar-refractivity contribution in [1.29, 1.82) is 0 Å². The molecule has 0 spiro atoms. The Morgan fingerprint density at radius 2 is 1.67 bits per heavy atom. The average Bonchev–Trinajstić information content (AvgIpc) is 2.98. The molecule has 1 aromatic carbocycles. The second-order valence-electron chi connectivity index (χ2n) is 6.30. The minimum atomic E-state index is -0.458. The van der Waals surface area contributed by atoms with Crippen LogP contribution in [0.4, 0.5) is 5.69 Å². The summed E-state index contributed by atoms with van der Waals surface area (Å²) < 4.78 is 4.78. The molecule has 0 bridgehead atoms. The molecule has 3 rings (SSSR count). The zero-order chi connectivity index (χ0) is 19.4. The van der Waals surface area contributed by atoms with E-state index in [-0.39, 0.29) is 5.91 Å². The number of methoxy groups -OCH3 is 1. The maximum Gasteiger partial charge on any atom is 0.339 e. The second kappa shape index (κ2) is 7.86. The topological polar surface area (TPSA) is 84.1 Å². The average molecular weight is 363 g/mol. The largest absolute Gasteiger partial charge is 0.465 e. The van der Waals surface area contributed by atoms with Crippen LogP contribution < -0.4 is 5.32 Å². The maximum absolute atomic E-state index is 12.6. The summed E-state index contributed by atoms with van der Waals surface area (Å²) in [5.74, 6) is -0.756. The number of ether oxygens (including phenoxy) is 1. The summed E-state index contributed by atoms with van der Waals surface area (Å²) in [6, 6.07) is 11.6. The molecule has 0 radical (unpaired) electrons. The molecule has 0 saturated heterocycles. The number of anilines is 1. The fourth-order valence-electron chi connectivity index (χ4n) is 3.02. The van der Waals surface area contributed by atoms with Gasteiger partial charge in [0.2, 0.25) is 0 Å². The van der Waals surface area contributed by atoms with Gasteiger partial charge in [0.15, 0.2) is 0 Å². The summed E-state index contributed by atoms with van der Waals surface area (Å²) in [6.45, 7) is 3.46. The van der Waals surface area contributed by atoms with Crippen molar-refractivity contribution in [2.45, 2.75) is 20.3 Å². The Bertz CT molecular complexity index is 960. The fraction of sp³-hybridized carbons (Fsp3) is 0.190. The lowest BCUT2D eigenvalue weighted by Gasteiger charge is -2.07. The van der Waals surface area contributed by atoms with E-state index < -0.39 is 5.97 Å². The lowest BCUT2D eigenvalue weighted by Crippen LogP contribution is -2.14. The van der Waals surface area contributed by atoms with Crippen molar-refractivity contribution in [3.8, 4) is 0 Å². The number of hydrogen-bond donors (Lipinski definition) is 2. The van der Waals surface area contributed by atoms with Crippen molar-refractivity contribution in [2.24, 2.45) is 0 Å². The number of aromatic nitrogens is 2. The number of carbonyl (C=O) groups is 2. The Labute approximate surface area is 157 Å². The molecule has 2 aromatic heterocycles. The molecule has 2 N–H and O–H groups in total. The highest BCUT2D eigenvalue weighted by molar-refractivity contribution is 6.06. The number of benzene rings is 1. The number of rotatable bonds is 5. The van der Waals surface area contributed by atoms with E-state index in [1.807, 2.05) is 36.4 Å². The Morgan fingerprint density at radius 1 is 1.04 bits per heavy atom. The Hall–Kier alpha value is -3.41. The number of nitrogens with zero attached hydrogens (tertiary/aromatic N) is 1. The molecule has 3 aromatic rings. The molecule has 0 aliphatic heterocycles. The predicted molar refractivity (Wildman–Crippen MR) is 103 cm³/mol. The molecule has 0 saturated carbocycles. The van der Waals surface area contributed by atoms with E-state index in [4.69, 9.17) is 4.74 Å². The van der Waals surface area contributed by atoms with Gasteiger partial charge in [-0.2, -0.15) is 0 Å². The summed E-state index contributed by atoms with van der Waals surface area (Å²) in [5.41, 5.74) is 4.94. The van der Waals surface area contributed by atoms with E-state index in [1.54, 1.807) is 26.2 Å². The monoisotopic (exact) mass is 363 g/mol. The lowest BCUT2D eigenvalue weighted by molar-refractivity contribution is 0.0599. The van der Waals surface area contributed by atoms with E-state index in [1.165, 1.54) is 12.7 Å². The number of aromatic amines is 1. The molecule has 6 nitrogen and oxygen atoms in total. The first-order chi connectivity index (χ1) is 13.0. The number of H-pyrrole nitrogens is 1. The highest BCUT2D eigenvalue weighted by atomic mass is 16.5. The minimum Gasteiger partial charge on any atom is -0.465 e. The molecule has 0 unspecified atom stereocenters. The lowest BCUT2D eigenvalue weighted by atomic mass is 10.1. The summed E-state index contributed by atoms with van der Waals surface area (Å²) >= 11 is 0.